The van der Waals surface area contributed by atoms with Gasteiger partial charge in [-0.2, -0.15) is 0 Å². The molecule has 0 aliphatic heterocycles. The van der Waals surface area contributed by atoms with Gasteiger partial charge in [0.05, 0.1) is 11.0 Å². The van der Waals surface area contributed by atoms with Gasteiger partial charge in [-0.3, -0.25) is 0 Å². The molecule has 0 spiro atoms. The van der Waals surface area contributed by atoms with Gasteiger partial charge in [0, 0.05) is 17.1 Å². The largest absolute Gasteiger partial charge is 0.383 e. The van der Waals surface area contributed by atoms with E-state index in [9.17, 15) is 5.11 Å². The summed E-state index contributed by atoms with van der Waals surface area (Å²) in [5.41, 5.74) is 5.27. The fourth-order valence-corrected chi connectivity index (χ4v) is 5.90. The van der Waals surface area contributed by atoms with Crippen molar-refractivity contribution < 1.29 is 5.11 Å². The maximum Gasteiger partial charge on any atom is 0.141 e. The van der Waals surface area contributed by atoms with Gasteiger partial charge in [-0.15, -0.1) is 0 Å². The highest BCUT2D eigenvalue weighted by Gasteiger charge is 2.31. The minimum absolute atomic E-state index is 0.389. The zero-order valence-corrected chi connectivity index (χ0v) is 20.1. The second-order valence-corrected chi connectivity index (χ2v) is 10.9. The van der Waals surface area contributed by atoms with Crippen molar-refractivity contribution in [3.8, 4) is 0 Å². The highest BCUT2D eigenvalue weighted by Crippen LogP contribution is 2.36. The molecule has 0 amide bonds. The molecule has 2 aromatic carbocycles. The zero-order valence-electron chi connectivity index (χ0n) is 19.4. The first-order valence-corrected chi connectivity index (χ1v) is 12.4. The quantitative estimate of drug-likeness (QED) is 0.522. The molecule has 170 valence electrons. The fourth-order valence-electron chi connectivity index (χ4n) is 5.70. The Kier molecular flexibility index (Phi) is 5.81. The lowest BCUT2D eigenvalue weighted by atomic mass is 9.90. The summed E-state index contributed by atoms with van der Waals surface area (Å²) in [6.45, 7) is 6.86. The van der Waals surface area contributed by atoms with E-state index in [1.165, 1.54) is 16.7 Å². The van der Waals surface area contributed by atoms with Crippen molar-refractivity contribution in [3.63, 3.8) is 0 Å². The lowest BCUT2D eigenvalue weighted by molar-refractivity contribution is 0.0620. The monoisotopic (exact) mass is 451 g/mol. The Balaban J connectivity index is 1.23. The second kappa shape index (κ2) is 8.48. The van der Waals surface area contributed by atoms with Gasteiger partial charge in [0.1, 0.15) is 11.4 Å². The van der Waals surface area contributed by atoms with E-state index in [0.29, 0.717) is 18.0 Å². The highest BCUT2D eigenvalue weighted by atomic mass is 35.5. The maximum absolute atomic E-state index is 10.8. The maximum atomic E-state index is 10.8. The van der Waals surface area contributed by atoms with E-state index in [2.05, 4.69) is 47.1 Å². The molecule has 1 fully saturated rings. The standard InChI is InChI=1S/C27H34ClN3O/c1-17-4-11-25-24(12-17)30-26(27(2,3)32)31(25)23-9-7-22(8-10-23)29-16-18-13-19-5-6-21(28)15-20(19)14-18/h4-6,11-12,15,18,22-23,29,32H,7-10,13-14,16H2,1-3H3/t18?,22-,23+. The molecule has 2 aliphatic rings. The van der Waals surface area contributed by atoms with Crippen molar-refractivity contribution in [2.24, 2.45) is 5.92 Å². The van der Waals surface area contributed by atoms with Gasteiger partial charge in [-0.1, -0.05) is 23.7 Å². The number of halogens is 1. The Morgan fingerprint density at radius 1 is 1.06 bits per heavy atom. The summed E-state index contributed by atoms with van der Waals surface area (Å²) >= 11 is 6.17. The molecule has 1 saturated carbocycles. The summed E-state index contributed by atoms with van der Waals surface area (Å²) in [5, 5.41) is 15.5. The van der Waals surface area contributed by atoms with Crippen LogP contribution < -0.4 is 5.32 Å². The van der Waals surface area contributed by atoms with Gasteiger partial charge in [-0.05, 0) is 113 Å². The Hall–Kier alpha value is -1.88. The van der Waals surface area contributed by atoms with Crippen LogP contribution in [0.4, 0.5) is 0 Å². The van der Waals surface area contributed by atoms with Gasteiger partial charge in [-0.25, -0.2) is 4.98 Å². The van der Waals surface area contributed by atoms with Crippen LogP contribution in [0.1, 0.15) is 68.1 Å². The minimum atomic E-state index is -0.956. The van der Waals surface area contributed by atoms with Gasteiger partial charge >= 0.3 is 0 Å². The molecule has 32 heavy (non-hydrogen) atoms. The van der Waals surface area contributed by atoms with Crippen LogP contribution >= 0.6 is 11.6 Å². The Morgan fingerprint density at radius 2 is 1.81 bits per heavy atom. The van der Waals surface area contributed by atoms with E-state index < -0.39 is 5.60 Å². The average Bonchev–Trinajstić information content (AvgIpc) is 3.33. The van der Waals surface area contributed by atoms with Crippen LogP contribution in [-0.2, 0) is 18.4 Å². The molecule has 2 N–H and O–H groups in total. The third-order valence-electron chi connectivity index (χ3n) is 7.33. The van der Waals surface area contributed by atoms with E-state index in [-0.39, 0.29) is 0 Å². The molecule has 5 rings (SSSR count). The third kappa shape index (κ3) is 4.33. The van der Waals surface area contributed by atoms with Crippen molar-refractivity contribution in [2.75, 3.05) is 6.54 Å². The molecule has 1 unspecified atom stereocenters. The Labute approximate surface area is 196 Å². The number of rotatable bonds is 5. The summed E-state index contributed by atoms with van der Waals surface area (Å²) < 4.78 is 2.32. The van der Waals surface area contributed by atoms with Gasteiger partial charge in [0.25, 0.3) is 0 Å². The average molecular weight is 452 g/mol. The molecule has 2 aliphatic carbocycles. The van der Waals surface area contributed by atoms with Gasteiger partial charge in [0.2, 0.25) is 0 Å². The summed E-state index contributed by atoms with van der Waals surface area (Å²) in [7, 11) is 0. The predicted octanol–water partition coefficient (Wildman–Crippen LogP) is 5.71. The number of hydrogen-bond acceptors (Lipinski definition) is 3. The first-order chi connectivity index (χ1) is 15.3. The van der Waals surface area contributed by atoms with Crippen molar-refractivity contribution >= 4 is 22.6 Å². The molecule has 4 nitrogen and oxygen atoms in total. The summed E-state index contributed by atoms with van der Waals surface area (Å²) in [6, 6.07) is 13.7. The number of aryl methyl sites for hydroxylation is 1. The molecule has 5 heteroatoms. The summed E-state index contributed by atoms with van der Waals surface area (Å²) in [4.78, 5) is 4.84. The molecular formula is C27H34ClN3O. The number of imidazole rings is 1. The van der Waals surface area contributed by atoms with Crippen LogP contribution in [0.15, 0.2) is 36.4 Å². The first kappa shape index (κ1) is 21.9. The summed E-state index contributed by atoms with van der Waals surface area (Å²) in [5.74, 6) is 1.46. The summed E-state index contributed by atoms with van der Waals surface area (Å²) in [6.07, 6.45) is 6.83. The van der Waals surface area contributed by atoms with E-state index >= 15 is 0 Å². The second-order valence-electron chi connectivity index (χ2n) is 10.5. The topological polar surface area (TPSA) is 50.1 Å². The smallest absolute Gasteiger partial charge is 0.141 e. The van der Waals surface area contributed by atoms with E-state index in [0.717, 1.165) is 67.0 Å². The molecule has 3 aromatic rings. The zero-order chi connectivity index (χ0) is 22.5. The van der Waals surface area contributed by atoms with Crippen molar-refractivity contribution in [3.05, 3.63) is 63.9 Å². The lowest BCUT2D eigenvalue weighted by Gasteiger charge is -2.33. The third-order valence-corrected chi connectivity index (χ3v) is 7.57. The van der Waals surface area contributed by atoms with E-state index in [1.54, 1.807) is 0 Å². The normalized spacial score (nSPS) is 23.6. The minimum Gasteiger partial charge on any atom is -0.383 e. The molecule has 0 radical (unpaired) electrons. The Bertz CT molecular complexity index is 1120. The number of aliphatic hydroxyl groups is 1. The Morgan fingerprint density at radius 3 is 2.56 bits per heavy atom. The number of hydrogen-bond donors (Lipinski definition) is 2. The predicted molar refractivity (Wildman–Crippen MR) is 131 cm³/mol. The molecule has 1 heterocycles. The molecule has 1 aromatic heterocycles. The lowest BCUT2D eigenvalue weighted by Crippen LogP contribution is -2.37. The van der Waals surface area contributed by atoms with Crippen LogP contribution in [-0.4, -0.2) is 27.2 Å². The number of nitrogens with one attached hydrogen (secondary N) is 1. The van der Waals surface area contributed by atoms with E-state index in [4.69, 9.17) is 16.6 Å². The molecule has 1 atom stereocenters. The number of nitrogens with zero attached hydrogens (tertiary/aromatic N) is 2. The fraction of sp³-hybridized carbons (Fsp3) is 0.519. The van der Waals surface area contributed by atoms with Crippen LogP contribution in [0.2, 0.25) is 5.02 Å². The van der Waals surface area contributed by atoms with Crippen LogP contribution in [0, 0.1) is 12.8 Å². The SMILES string of the molecule is Cc1ccc2c(c1)nc(C(C)(C)O)n2[C@H]1CC[C@@H](NCC2Cc3ccc(Cl)cc3C2)CC1. The number of fused-ring (bicyclic) bond motifs is 2. The van der Waals surface area contributed by atoms with Crippen molar-refractivity contribution in [2.45, 2.75) is 77.0 Å². The van der Waals surface area contributed by atoms with Crippen LogP contribution in [0.25, 0.3) is 11.0 Å². The van der Waals surface area contributed by atoms with Crippen LogP contribution in [0.5, 0.6) is 0 Å². The molecule has 0 saturated heterocycles. The van der Waals surface area contributed by atoms with Crippen LogP contribution in [0.3, 0.4) is 0 Å². The van der Waals surface area contributed by atoms with E-state index in [1.807, 2.05) is 19.9 Å². The number of aromatic nitrogens is 2. The van der Waals surface area contributed by atoms with Gasteiger partial charge < -0.3 is 15.0 Å². The van der Waals surface area contributed by atoms with Crippen molar-refractivity contribution in [1.29, 1.82) is 0 Å². The van der Waals surface area contributed by atoms with Crippen molar-refractivity contribution in [1.82, 2.24) is 14.9 Å². The van der Waals surface area contributed by atoms with Gasteiger partial charge in [0.15, 0.2) is 0 Å². The number of benzene rings is 2. The first-order valence-electron chi connectivity index (χ1n) is 12.0. The highest BCUT2D eigenvalue weighted by molar-refractivity contribution is 6.30. The molecule has 0 bridgehead atoms. The molecular weight excluding hydrogens is 418 g/mol.